The molecule has 0 saturated heterocycles. The Balaban J connectivity index is 2.76. The van der Waals surface area contributed by atoms with Crippen LogP contribution in [0.25, 0.3) is 0 Å². The van der Waals surface area contributed by atoms with Crippen molar-refractivity contribution in [1.29, 1.82) is 0 Å². The van der Waals surface area contributed by atoms with E-state index in [2.05, 4.69) is 52.1 Å². The highest BCUT2D eigenvalue weighted by atomic mass is 16.7. The van der Waals surface area contributed by atoms with Crippen LogP contribution in [0.3, 0.4) is 0 Å². The lowest BCUT2D eigenvalue weighted by Crippen LogP contribution is -2.25. The maximum atomic E-state index is 5.85. The number of methoxy groups -OCH3 is 1. The quantitative estimate of drug-likeness (QED) is 0.756. The highest BCUT2D eigenvalue weighted by Gasteiger charge is 2.19. The molecule has 0 amide bonds. The SMILES string of the molecule is CNC(CC(C)(C)C)c1ccc(OC(OC)C(C)C)cc1. The van der Waals surface area contributed by atoms with Gasteiger partial charge in [-0.25, -0.2) is 0 Å². The largest absolute Gasteiger partial charge is 0.465 e. The molecule has 1 rings (SSSR count). The molecule has 2 atom stereocenters. The average Bonchev–Trinajstić information content (AvgIpc) is 2.41. The molecular weight excluding hydrogens is 262 g/mol. The molecule has 0 aliphatic heterocycles. The molecule has 3 heteroatoms. The minimum Gasteiger partial charge on any atom is -0.465 e. The summed E-state index contributed by atoms with van der Waals surface area (Å²) in [7, 11) is 3.69. The topological polar surface area (TPSA) is 30.5 Å². The standard InChI is InChI=1S/C18H31NO2/c1-13(2)17(20-7)21-15-10-8-14(9-11-15)16(19-6)12-18(3,4)5/h8-11,13,16-17,19H,12H2,1-7H3. The van der Waals surface area contributed by atoms with Crippen molar-refractivity contribution in [1.82, 2.24) is 5.32 Å². The smallest absolute Gasteiger partial charge is 0.201 e. The Bertz CT molecular complexity index is 406. The van der Waals surface area contributed by atoms with Gasteiger partial charge in [0, 0.05) is 19.1 Å². The van der Waals surface area contributed by atoms with Gasteiger partial charge in [-0.1, -0.05) is 46.8 Å². The van der Waals surface area contributed by atoms with Crippen LogP contribution >= 0.6 is 0 Å². The first kappa shape index (κ1) is 18.0. The van der Waals surface area contributed by atoms with Crippen LogP contribution in [0.5, 0.6) is 5.75 Å². The molecule has 2 unspecified atom stereocenters. The van der Waals surface area contributed by atoms with E-state index in [1.165, 1.54) is 5.56 Å². The van der Waals surface area contributed by atoms with Crippen LogP contribution < -0.4 is 10.1 Å². The summed E-state index contributed by atoms with van der Waals surface area (Å²) in [4.78, 5) is 0. The van der Waals surface area contributed by atoms with Gasteiger partial charge in [-0.2, -0.15) is 0 Å². The van der Waals surface area contributed by atoms with Crippen LogP contribution in [-0.4, -0.2) is 20.4 Å². The fourth-order valence-corrected chi connectivity index (χ4v) is 2.37. The Kier molecular flexibility index (Phi) is 6.69. The molecule has 0 heterocycles. The van der Waals surface area contributed by atoms with Crippen molar-refractivity contribution in [3.8, 4) is 5.75 Å². The maximum absolute atomic E-state index is 5.85. The summed E-state index contributed by atoms with van der Waals surface area (Å²) in [5.74, 6) is 1.17. The first-order valence-corrected chi connectivity index (χ1v) is 7.73. The van der Waals surface area contributed by atoms with Gasteiger partial charge >= 0.3 is 0 Å². The van der Waals surface area contributed by atoms with E-state index in [1.807, 2.05) is 19.2 Å². The van der Waals surface area contributed by atoms with Crippen LogP contribution in [-0.2, 0) is 4.74 Å². The van der Waals surface area contributed by atoms with Crippen LogP contribution in [0.15, 0.2) is 24.3 Å². The number of nitrogens with one attached hydrogen (secondary N) is 1. The zero-order valence-electron chi connectivity index (χ0n) is 14.6. The van der Waals surface area contributed by atoms with Crippen molar-refractivity contribution in [2.24, 2.45) is 11.3 Å². The minimum atomic E-state index is -0.203. The second kappa shape index (κ2) is 7.81. The van der Waals surface area contributed by atoms with E-state index in [4.69, 9.17) is 9.47 Å². The molecule has 0 aromatic heterocycles. The molecule has 0 aliphatic carbocycles. The summed E-state index contributed by atoms with van der Waals surface area (Å²) < 4.78 is 11.2. The summed E-state index contributed by atoms with van der Waals surface area (Å²) in [5, 5.41) is 3.40. The molecular formula is C18H31NO2. The van der Waals surface area contributed by atoms with Crippen LogP contribution in [0.2, 0.25) is 0 Å². The normalized spacial score (nSPS) is 15.0. The first-order chi connectivity index (χ1) is 9.76. The maximum Gasteiger partial charge on any atom is 0.201 e. The second-order valence-corrected chi connectivity index (χ2v) is 7.14. The van der Waals surface area contributed by atoms with Crippen molar-refractivity contribution >= 4 is 0 Å². The zero-order valence-corrected chi connectivity index (χ0v) is 14.6. The van der Waals surface area contributed by atoms with Gasteiger partial charge in [0.2, 0.25) is 6.29 Å². The van der Waals surface area contributed by atoms with Gasteiger partial charge in [0.25, 0.3) is 0 Å². The predicted octanol–water partition coefficient (Wildman–Crippen LogP) is 4.39. The lowest BCUT2D eigenvalue weighted by Gasteiger charge is -2.26. The van der Waals surface area contributed by atoms with E-state index < -0.39 is 0 Å². The van der Waals surface area contributed by atoms with Gasteiger partial charge in [-0.3, -0.25) is 0 Å². The molecule has 3 nitrogen and oxygen atoms in total. The van der Waals surface area contributed by atoms with Crippen molar-refractivity contribution in [2.75, 3.05) is 14.2 Å². The Hall–Kier alpha value is -1.06. The van der Waals surface area contributed by atoms with Gasteiger partial charge < -0.3 is 14.8 Å². The third-order valence-corrected chi connectivity index (χ3v) is 3.48. The molecule has 0 saturated carbocycles. The first-order valence-electron chi connectivity index (χ1n) is 7.73. The van der Waals surface area contributed by atoms with Crippen molar-refractivity contribution < 1.29 is 9.47 Å². The Labute approximate surface area is 130 Å². The zero-order chi connectivity index (χ0) is 16.0. The molecule has 120 valence electrons. The molecule has 21 heavy (non-hydrogen) atoms. The fraction of sp³-hybridized carbons (Fsp3) is 0.667. The lowest BCUT2D eigenvalue weighted by molar-refractivity contribution is -0.0833. The van der Waals surface area contributed by atoms with E-state index in [9.17, 15) is 0 Å². The summed E-state index contributed by atoms with van der Waals surface area (Å²) in [6.45, 7) is 11.0. The molecule has 0 radical (unpaired) electrons. The number of hydrogen-bond donors (Lipinski definition) is 1. The van der Waals surface area contributed by atoms with E-state index in [0.29, 0.717) is 17.4 Å². The lowest BCUT2D eigenvalue weighted by atomic mass is 9.85. The Morgan fingerprint density at radius 1 is 1.10 bits per heavy atom. The van der Waals surface area contributed by atoms with Crippen LogP contribution in [0, 0.1) is 11.3 Å². The molecule has 1 N–H and O–H groups in total. The third kappa shape index (κ3) is 6.06. The molecule has 0 spiro atoms. The second-order valence-electron chi connectivity index (χ2n) is 7.14. The number of ether oxygens (including phenoxy) is 2. The van der Waals surface area contributed by atoms with Gasteiger partial charge in [-0.15, -0.1) is 0 Å². The van der Waals surface area contributed by atoms with Gasteiger partial charge in [0.05, 0.1) is 0 Å². The molecule has 0 bridgehead atoms. The monoisotopic (exact) mass is 293 g/mol. The number of benzene rings is 1. The van der Waals surface area contributed by atoms with Crippen molar-refractivity contribution in [3.05, 3.63) is 29.8 Å². The average molecular weight is 293 g/mol. The van der Waals surface area contributed by atoms with Crippen LogP contribution in [0.1, 0.15) is 52.6 Å². The van der Waals surface area contributed by atoms with Gasteiger partial charge in [0.15, 0.2) is 0 Å². The van der Waals surface area contributed by atoms with Gasteiger partial charge in [0.1, 0.15) is 5.75 Å². The number of hydrogen-bond acceptors (Lipinski definition) is 3. The Morgan fingerprint density at radius 3 is 2.05 bits per heavy atom. The predicted molar refractivity (Wildman–Crippen MR) is 88.6 cm³/mol. The minimum absolute atomic E-state index is 0.203. The molecule has 1 aromatic rings. The summed E-state index contributed by atoms with van der Waals surface area (Å²) in [6.07, 6.45) is 0.890. The molecule has 1 aromatic carbocycles. The number of rotatable bonds is 7. The summed E-state index contributed by atoms with van der Waals surface area (Å²) in [5.41, 5.74) is 1.58. The van der Waals surface area contributed by atoms with E-state index in [-0.39, 0.29) is 6.29 Å². The highest BCUT2D eigenvalue weighted by molar-refractivity contribution is 5.29. The Morgan fingerprint density at radius 2 is 1.67 bits per heavy atom. The van der Waals surface area contributed by atoms with E-state index >= 15 is 0 Å². The molecule has 0 aliphatic rings. The fourth-order valence-electron chi connectivity index (χ4n) is 2.37. The van der Waals surface area contributed by atoms with Crippen molar-refractivity contribution in [2.45, 2.75) is 53.4 Å². The summed E-state index contributed by atoms with van der Waals surface area (Å²) in [6, 6.07) is 8.68. The van der Waals surface area contributed by atoms with Crippen LogP contribution in [0.4, 0.5) is 0 Å². The van der Waals surface area contributed by atoms with E-state index in [0.717, 1.165) is 12.2 Å². The van der Waals surface area contributed by atoms with Gasteiger partial charge in [-0.05, 0) is 36.6 Å². The van der Waals surface area contributed by atoms with Crippen molar-refractivity contribution in [3.63, 3.8) is 0 Å². The van der Waals surface area contributed by atoms with E-state index in [1.54, 1.807) is 7.11 Å². The highest BCUT2D eigenvalue weighted by Crippen LogP contribution is 2.30. The molecule has 0 fully saturated rings. The third-order valence-electron chi connectivity index (χ3n) is 3.48. The summed E-state index contributed by atoms with van der Waals surface area (Å²) >= 11 is 0.